The molecule has 96 valence electrons. The number of para-hydroxylation sites is 1. The van der Waals surface area contributed by atoms with Crippen molar-refractivity contribution in [2.75, 3.05) is 5.73 Å². The molecule has 0 aliphatic carbocycles. The van der Waals surface area contributed by atoms with Crippen LogP contribution in [0, 0.1) is 0 Å². The van der Waals surface area contributed by atoms with Gasteiger partial charge in [0.05, 0.1) is 0 Å². The molecule has 0 saturated carbocycles. The maximum absolute atomic E-state index is 12.3. The smallest absolute Gasteiger partial charge is 0.196 e. The van der Waals surface area contributed by atoms with E-state index in [0.717, 1.165) is 10.0 Å². The van der Waals surface area contributed by atoms with Gasteiger partial charge in [0.15, 0.2) is 11.9 Å². The number of epoxide rings is 1. The molecular weight excluding hydrogens is 306 g/mol. The summed E-state index contributed by atoms with van der Waals surface area (Å²) in [5.41, 5.74) is 7.84. The van der Waals surface area contributed by atoms with Crippen LogP contribution in [0.2, 0.25) is 0 Å². The lowest BCUT2D eigenvalue weighted by atomic mass is 10.0. The van der Waals surface area contributed by atoms with Crippen LogP contribution in [0.1, 0.15) is 22.0 Å². The number of anilines is 1. The van der Waals surface area contributed by atoms with Crippen molar-refractivity contribution in [3.8, 4) is 0 Å². The minimum atomic E-state index is -0.418. The van der Waals surface area contributed by atoms with Crippen molar-refractivity contribution in [2.24, 2.45) is 0 Å². The first kappa shape index (κ1) is 12.4. The summed E-state index contributed by atoms with van der Waals surface area (Å²) in [6.07, 6.45) is -0.580. The summed E-state index contributed by atoms with van der Waals surface area (Å²) in [5, 5.41) is 0. The Hall–Kier alpha value is -1.65. The van der Waals surface area contributed by atoms with Gasteiger partial charge in [-0.1, -0.05) is 40.2 Å². The molecule has 1 aliphatic heterocycles. The fourth-order valence-corrected chi connectivity index (χ4v) is 2.54. The van der Waals surface area contributed by atoms with E-state index >= 15 is 0 Å². The molecule has 2 unspecified atom stereocenters. The van der Waals surface area contributed by atoms with Crippen molar-refractivity contribution in [1.82, 2.24) is 0 Å². The number of ketones is 1. The Morgan fingerprint density at radius 3 is 2.68 bits per heavy atom. The molecule has 2 N–H and O–H groups in total. The van der Waals surface area contributed by atoms with Gasteiger partial charge in [-0.2, -0.15) is 0 Å². The Morgan fingerprint density at radius 2 is 1.95 bits per heavy atom. The average Bonchev–Trinajstić information content (AvgIpc) is 3.19. The van der Waals surface area contributed by atoms with Crippen LogP contribution < -0.4 is 5.73 Å². The van der Waals surface area contributed by atoms with Crippen molar-refractivity contribution in [1.29, 1.82) is 0 Å². The average molecular weight is 318 g/mol. The van der Waals surface area contributed by atoms with E-state index in [1.54, 1.807) is 18.2 Å². The standard InChI is InChI=1S/C15H12BrNO2/c16-10-5-3-4-9(8-10)14-15(19-14)13(18)11-6-1-2-7-12(11)17/h1-8,14-15H,17H2. The number of benzene rings is 2. The molecule has 2 atom stereocenters. The maximum atomic E-state index is 12.3. The fraction of sp³-hybridized carbons (Fsp3) is 0.133. The molecule has 0 bridgehead atoms. The van der Waals surface area contributed by atoms with Crippen LogP contribution in [0.25, 0.3) is 0 Å². The second-order valence-electron chi connectivity index (χ2n) is 4.48. The van der Waals surface area contributed by atoms with E-state index in [4.69, 9.17) is 10.5 Å². The van der Waals surface area contributed by atoms with Gasteiger partial charge < -0.3 is 10.5 Å². The van der Waals surface area contributed by atoms with E-state index in [1.165, 1.54) is 0 Å². The summed E-state index contributed by atoms with van der Waals surface area (Å²) in [4.78, 5) is 12.3. The van der Waals surface area contributed by atoms with Crippen LogP contribution in [0.15, 0.2) is 53.0 Å². The van der Waals surface area contributed by atoms with Gasteiger partial charge in [-0.3, -0.25) is 4.79 Å². The highest BCUT2D eigenvalue weighted by atomic mass is 79.9. The Morgan fingerprint density at radius 1 is 1.16 bits per heavy atom. The van der Waals surface area contributed by atoms with E-state index < -0.39 is 6.10 Å². The Kier molecular flexibility index (Phi) is 3.12. The number of Topliss-reactive ketones (excluding diaryl/α,β-unsaturated/α-hetero) is 1. The molecule has 4 heteroatoms. The van der Waals surface area contributed by atoms with Gasteiger partial charge in [-0.05, 0) is 29.8 Å². The van der Waals surface area contributed by atoms with Crippen molar-refractivity contribution in [3.05, 3.63) is 64.1 Å². The maximum Gasteiger partial charge on any atom is 0.196 e. The lowest BCUT2D eigenvalue weighted by molar-refractivity contribution is 0.0954. The summed E-state index contributed by atoms with van der Waals surface area (Å²) in [5.74, 6) is -0.0527. The van der Waals surface area contributed by atoms with Gasteiger partial charge in [0.25, 0.3) is 0 Å². The molecule has 1 aliphatic rings. The molecule has 19 heavy (non-hydrogen) atoms. The molecule has 0 aromatic heterocycles. The van der Waals surface area contributed by atoms with E-state index in [2.05, 4.69) is 15.9 Å². The number of nitrogen functional groups attached to an aromatic ring is 1. The van der Waals surface area contributed by atoms with Crippen LogP contribution in [-0.4, -0.2) is 11.9 Å². The first-order chi connectivity index (χ1) is 9.16. The topological polar surface area (TPSA) is 55.6 Å². The predicted octanol–water partition coefficient (Wildman–Crippen LogP) is 3.35. The van der Waals surface area contributed by atoms with E-state index in [-0.39, 0.29) is 11.9 Å². The molecule has 1 fully saturated rings. The van der Waals surface area contributed by atoms with E-state index in [9.17, 15) is 4.79 Å². The third kappa shape index (κ3) is 2.41. The molecule has 1 saturated heterocycles. The van der Waals surface area contributed by atoms with Crippen LogP contribution in [0.4, 0.5) is 5.69 Å². The minimum Gasteiger partial charge on any atom is -0.398 e. The monoisotopic (exact) mass is 317 g/mol. The first-order valence-corrected chi connectivity index (χ1v) is 6.76. The summed E-state index contributed by atoms with van der Waals surface area (Å²) in [6.45, 7) is 0. The highest BCUT2D eigenvalue weighted by Crippen LogP contribution is 2.41. The van der Waals surface area contributed by atoms with Crippen molar-refractivity contribution in [3.63, 3.8) is 0 Å². The number of rotatable bonds is 3. The van der Waals surface area contributed by atoms with Gasteiger partial charge in [0.1, 0.15) is 6.10 Å². The number of nitrogens with two attached hydrogens (primary N) is 1. The predicted molar refractivity (Wildman–Crippen MR) is 76.9 cm³/mol. The molecule has 3 nitrogen and oxygen atoms in total. The Balaban J connectivity index is 1.80. The third-order valence-electron chi connectivity index (χ3n) is 3.15. The summed E-state index contributed by atoms with van der Waals surface area (Å²) in [6, 6.07) is 14.9. The number of ether oxygens (including phenoxy) is 1. The van der Waals surface area contributed by atoms with Gasteiger partial charge in [-0.15, -0.1) is 0 Å². The van der Waals surface area contributed by atoms with Crippen LogP contribution >= 0.6 is 15.9 Å². The number of carbonyl (C=O) groups is 1. The van der Waals surface area contributed by atoms with Crippen molar-refractivity contribution >= 4 is 27.4 Å². The number of hydrogen-bond donors (Lipinski definition) is 1. The molecule has 0 spiro atoms. The summed E-state index contributed by atoms with van der Waals surface area (Å²) in [7, 11) is 0. The van der Waals surface area contributed by atoms with Gasteiger partial charge in [0.2, 0.25) is 0 Å². The SMILES string of the molecule is Nc1ccccc1C(=O)C1OC1c1cccc(Br)c1. The third-order valence-corrected chi connectivity index (χ3v) is 3.65. The lowest BCUT2D eigenvalue weighted by Gasteiger charge is -2.01. The zero-order valence-corrected chi connectivity index (χ0v) is 11.6. The highest BCUT2D eigenvalue weighted by molar-refractivity contribution is 9.10. The quantitative estimate of drug-likeness (QED) is 0.536. The van der Waals surface area contributed by atoms with Gasteiger partial charge in [-0.25, -0.2) is 0 Å². The summed E-state index contributed by atoms with van der Waals surface area (Å²) < 4.78 is 6.48. The molecule has 0 radical (unpaired) electrons. The Labute approximate surface area is 119 Å². The van der Waals surface area contributed by atoms with Crippen LogP contribution in [0.3, 0.4) is 0 Å². The zero-order chi connectivity index (χ0) is 13.4. The second kappa shape index (κ2) is 4.79. The molecule has 2 aromatic carbocycles. The van der Waals surface area contributed by atoms with E-state index in [1.807, 2.05) is 30.3 Å². The van der Waals surface area contributed by atoms with Crippen LogP contribution in [-0.2, 0) is 4.74 Å². The second-order valence-corrected chi connectivity index (χ2v) is 5.40. The largest absolute Gasteiger partial charge is 0.398 e. The molecule has 1 heterocycles. The molecule has 3 rings (SSSR count). The number of hydrogen-bond acceptors (Lipinski definition) is 3. The minimum absolute atomic E-state index is 0.0527. The normalized spacial score (nSPS) is 21.1. The highest BCUT2D eigenvalue weighted by Gasteiger charge is 2.46. The van der Waals surface area contributed by atoms with Gasteiger partial charge in [0, 0.05) is 15.7 Å². The molecule has 0 amide bonds. The first-order valence-electron chi connectivity index (χ1n) is 5.96. The fourth-order valence-electron chi connectivity index (χ4n) is 2.12. The summed E-state index contributed by atoms with van der Waals surface area (Å²) >= 11 is 3.41. The zero-order valence-electron chi connectivity index (χ0n) is 10.0. The van der Waals surface area contributed by atoms with E-state index in [0.29, 0.717) is 11.3 Å². The van der Waals surface area contributed by atoms with Crippen LogP contribution in [0.5, 0.6) is 0 Å². The molecular formula is C15H12BrNO2. The lowest BCUT2D eigenvalue weighted by Crippen LogP contribution is -2.10. The number of carbonyl (C=O) groups excluding carboxylic acids is 1. The number of halogens is 1. The molecule has 2 aromatic rings. The Bertz CT molecular complexity index is 642. The van der Waals surface area contributed by atoms with Crippen molar-refractivity contribution in [2.45, 2.75) is 12.2 Å². The van der Waals surface area contributed by atoms with Gasteiger partial charge >= 0.3 is 0 Å². The van der Waals surface area contributed by atoms with Crippen molar-refractivity contribution < 1.29 is 9.53 Å².